The van der Waals surface area contributed by atoms with Crippen molar-refractivity contribution in [1.82, 2.24) is 0 Å². The average Bonchev–Trinajstić information content (AvgIpc) is 3.18. The number of fused-ring (bicyclic) bond motifs is 2. The van der Waals surface area contributed by atoms with Crippen molar-refractivity contribution in [1.29, 1.82) is 0 Å². The van der Waals surface area contributed by atoms with Crippen LogP contribution in [0.4, 0.5) is 0 Å². The zero-order chi connectivity index (χ0) is 30.2. The zero-order valence-electron chi connectivity index (χ0n) is 26.8. The first-order valence-corrected chi connectivity index (χ1v) is 16.2. The van der Waals surface area contributed by atoms with Gasteiger partial charge in [0.15, 0.2) is 0 Å². The van der Waals surface area contributed by atoms with E-state index in [2.05, 4.69) is 34.6 Å². The first-order chi connectivity index (χ1) is 18.8. The molecular formula is C34H54O7. The fraction of sp³-hybridized carbons (Fsp3) is 0.941. The average molecular weight is 575 g/mol. The van der Waals surface area contributed by atoms with Crippen LogP contribution in [0.5, 0.6) is 0 Å². The van der Waals surface area contributed by atoms with Gasteiger partial charge in [-0.25, -0.2) is 0 Å². The minimum Gasteiger partial charge on any atom is -0.462 e. The highest BCUT2D eigenvalue weighted by atomic mass is 16.6. The van der Waals surface area contributed by atoms with Crippen LogP contribution in [0.25, 0.3) is 0 Å². The number of aliphatic hydroxyl groups excluding tert-OH is 1. The third kappa shape index (κ3) is 3.79. The van der Waals surface area contributed by atoms with Crippen LogP contribution in [0.15, 0.2) is 0 Å². The summed E-state index contributed by atoms with van der Waals surface area (Å²) in [5.74, 6) is -0.0675. The molecule has 5 saturated carbocycles. The maximum absolute atomic E-state index is 12.6. The second kappa shape index (κ2) is 8.72. The van der Waals surface area contributed by atoms with Gasteiger partial charge in [-0.2, -0.15) is 0 Å². The van der Waals surface area contributed by atoms with Crippen molar-refractivity contribution >= 4 is 11.9 Å². The van der Waals surface area contributed by atoms with Crippen LogP contribution < -0.4 is 0 Å². The molecule has 1 saturated heterocycles. The molecule has 7 nitrogen and oxygen atoms in total. The van der Waals surface area contributed by atoms with E-state index in [1.54, 1.807) is 0 Å². The van der Waals surface area contributed by atoms with Crippen molar-refractivity contribution in [3.63, 3.8) is 0 Å². The smallest absolute Gasteiger partial charge is 0.302 e. The lowest BCUT2D eigenvalue weighted by atomic mass is 9.41. The summed E-state index contributed by atoms with van der Waals surface area (Å²) in [6.07, 6.45) is 7.08. The molecule has 5 aliphatic carbocycles. The third-order valence-corrected chi connectivity index (χ3v) is 14.3. The molecule has 2 spiro atoms. The Kier molecular flexibility index (Phi) is 6.35. The van der Waals surface area contributed by atoms with E-state index in [4.69, 9.17) is 14.2 Å². The van der Waals surface area contributed by atoms with Crippen molar-refractivity contribution in [2.24, 2.45) is 44.8 Å². The molecule has 0 aromatic heterocycles. The Balaban J connectivity index is 1.38. The van der Waals surface area contributed by atoms with Crippen molar-refractivity contribution in [2.75, 3.05) is 0 Å². The molecule has 2 N–H and O–H groups in total. The second-order valence-electron chi connectivity index (χ2n) is 17.1. The molecule has 232 valence electrons. The predicted molar refractivity (Wildman–Crippen MR) is 154 cm³/mol. The highest BCUT2D eigenvalue weighted by Crippen LogP contribution is 2.89. The van der Waals surface area contributed by atoms with Gasteiger partial charge in [-0.05, 0) is 106 Å². The summed E-state index contributed by atoms with van der Waals surface area (Å²) in [6, 6.07) is 0. The number of carbonyl (C=O) groups excluding carboxylic acids is 2. The lowest BCUT2D eigenvalue weighted by Crippen LogP contribution is -2.63. The minimum atomic E-state index is -0.921. The molecule has 7 heteroatoms. The SMILES string of the molecule is CC(=O)O[C@H]1C[C@@H]2[C@@]3(CC[C@]4(C)[C@@H]([C@]5(C)CC[C@H](C(C)(C)O)O5)[C@@H](O)C[C@@]24C)C[C@@]32CC[C@@H](OC(C)=O)C(C)(C)[C@@H]12. The monoisotopic (exact) mass is 574 g/mol. The molecule has 0 unspecified atom stereocenters. The molecule has 0 aromatic carbocycles. The van der Waals surface area contributed by atoms with Gasteiger partial charge in [-0.3, -0.25) is 9.59 Å². The number of ether oxygens (including phenoxy) is 3. The molecule has 0 amide bonds. The van der Waals surface area contributed by atoms with E-state index in [1.807, 2.05) is 13.8 Å². The van der Waals surface area contributed by atoms with Crippen LogP contribution in [-0.2, 0) is 23.8 Å². The number of rotatable bonds is 4. The lowest BCUT2D eigenvalue weighted by Gasteiger charge is -2.64. The van der Waals surface area contributed by atoms with Gasteiger partial charge in [0.2, 0.25) is 0 Å². The molecular weight excluding hydrogens is 520 g/mol. The number of esters is 2. The summed E-state index contributed by atoms with van der Waals surface area (Å²) in [4.78, 5) is 24.6. The van der Waals surface area contributed by atoms with Gasteiger partial charge in [0.1, 0.15) is 12.2 Å². The summed E-state index contributed by atoms with van der Waals surface area (Å²) in [5.41, 5.74) is -1.80. The van der Waals surface area contributed by atoms with Gasteiger partial charge in [-0.1, -0.05) is 27.7 Å². The van der Waals surface area contributed by atoms with E-state index in [-0.39, 0.29) is 69.2 Å². The van der Waals surface area contributed by atoms with Crippen LogP contribution in [0.2, 0.25) is 0 Å². The summed E-state index contributed by atoms with van der Waals surface area (Å²) < 4.78 is 18.8. The molecule has 41 heavy (non-hydrogen) atoms. The Bertz CT molecular complexity index is 1130. The second-order valence-corrected chi connectivity index (χ2v) is 17.1. The maximum atomic E-state index is 12.6. The molecule has 0 bridgehead atoms. The van der Waals surface area contributed by atoms with E-state index < -0.39 is 17.3 Å². The molecule has 1 heterocycles. The van der Waals surface area contributed by atoms with Crippen molar-refractivity contribution in [3.8, 4) is 0 Å². The van der Waals surface area contributed by atoms with Gasteiger partial charge >= 0.3 is 11.9 Å². The maximum Gasteiger partial charge on any atom is 0.302 e. The quantitative estimate of drug-likeness (QED) is 0.423. The Morgan fingerprint density at radius 2 is 1.51 bits per heavy atom. The number of hydrogen-bond donors (Lipinski definition) is 2. The van der Waals surface area contributed by atoms with Crippen molar-refractivity contribution in [2.45, 2.75) is 156 Å². The van der Waals surface area contributed by atoms with Crippen LogP contribution in [0.1, 0.15) is 120 Å². The van der Waals surface area contributed by atoms with Crippen LogP contribution >= 0.6 is 0 Å². The fourth-order valence-electron chi connectivity index (χ4n) is 12.8. The molecule has 6 fully saturated rings. The van der Waals surface area contributed by atoms with Crippen molar-refractivity contribution < 1.29 is 34.0 Å². The highest BCUT2D eigenvalue weighted by molar-refractivity contribution is 5.67. The Morgan fingerprint density at radius 3 is 2.10 bits per heavy atom. The summed E-state index contributed by atoms with van der Waals surface area (Å²) in [6.45, 7) is 18.1. The Hall–Kier alpha value is -1.18. The highest BCUT2D eigenvalue weighted by Gasteiger charge is 2.85. The van der Waals surface area contributed by atoms with E-state index >= 15 is 0 Å². The molecule has 1 aliphatic heterocycles. The Morgan fingerprint density at radius 1 is 0.854 bits per heavy atom. The molecule has 6 aliphatic rings. The number of carbonyl (C=O) groups is 2. The fourth-order valence-corrected chi connectivity index (χ4v) is 12.8. The van der Waals surface area contributed by atoms with Gasteiger partial charge in [0, 0.05) is 31.1 Å². The number of hydrogen-bond acceptors (Lipinski definition) is 7. The standard InChI is InChI=1S/C34H54O7/c1-19(35)39-22-16-23-31(8)17-21(37)26(32(9)12-10-25(41-32)29(5,6)38)30(31,7)14-15-33(23)18-34(33)13-11-24(40-20(2)36)28(3,4)27(22)34/h21-27,37-38H,10-18H2,1-9H3/t21-,22-,23-,24+,25+,26-,27+,30+,31-,32-,33+,34+/m0/s1. The third-order valence-electron chi connectivity index (χ3n) is 14.3. The van der Waals surface area contributed by atoms with Crippen LogP contribution in [0, 0.1) is 44.8 Å². The lowest BCUT2D eigenvalue weighted by molar-refractivity contribution is -0.224. The topological polar surface area (TPSA) is 102 Å². The molecule has 12 atom stereocenters. The summed E-state index contributed by atoms with van der Waals surface area (Å²) >= 11 is 0. The summed E-state index contributed by atoms with van der Waals surface area (Å²) in [5, 5.41) is 22.7. The first-order valence-electron chi connectivity index (χ1n) is 16.2. The van der Waals surface area contributed by atoms with E-state index in [0.29, 0.717) is 5.92 Å². The summed E-state index contributed by atoms with van der Waals surface area (Å²) in [7, 11) is 0. The van der Waals surface area contributed by atoms with Gasteiger partial charge in [0.05, 0.1) is 23.4 Å². The van der Waals surface area contributed by atoms with E-state index in [1.165, 1.54) is 13.8 Å². The van der Waals surface area contributed by atoms with E-state index in [0.717, 1.165) is 57.8 Å². The first kappa shape index (κ1) is 29.9. The van der Waals surface area contributed by atoms with Crippen LogP contribution in [0.3, 0.4) is 0 Å². The largest absolute Gasteiger partial charge is 0.462 e. The number of aliphatic hydroxyl groups is 2. The minimum absolute atomic E-state index is 0.0274. The molecule has 6 rings (SSSR count). The van der Waals surface area contributed by atoms with Crippen LogP contribution in [-0.4, -0.2) is 57.8 Å². The normalized spacial score (nSPS) is 53.4. The van der Waals surface area contributed by atoms with Gasteiger partial charge in [0.25, 0.3) is 0 Å². The van der Waals surface area contributed by atoms with E-state index in [9.17, 15) is 19.8 Å². The van der Waals surface area contributed by atoms with Gasteiger partial charge < -0.3 is 24.4 Å². The molecule has 0 aromatic rings. The zero-order valence-corrected chi connectivity index (χ0v) is 26.8. The Labute approximate surface area is 246 Å². The predicted octanol–water partition coefficient (Wildman–Crippen LogP) is 5.58. The van der Waals surface area contributed by atoms with Crippen molar-refractivity contribution in [3.05, 3.63) is 0 Å². The van der Waals surface area contributed by atoms with Gasteiger partial charge in [-0.15, -0.1) is 0 Å². The molecule has 0 radical (unpaired) electrons.